The first-order valence-electron chi connectivity index (χ1n) is 11.0. The minimum absolute atomic E-state index is 0.0803. The van der Waals surface area contributed by atoms with Crippen molar-refractivity contribution >= 4 is 11.6 Å². The van der Waals surface area contributed by atoms with Gasteiger partial charge < -0.3 is 10.2 Å². The molecule has 0 unspecified atom stereocenters. The van der Waals surface area contributed by atoms with E-state index in [1.165, 1.54) is 25.9 Å². The number of likely N-dealkylation sites (tertiary alicyclic amines) is 1. The van der Waals surface area contributed by atoms with Gasteiger partial charge in [0.25, 0.3) is 5.91 Å². The SMILES string of the molecule is Cc1nn2c(C)c(C(=O)NCCCN3CCC[C@@H](C)C3)cnc2c1-c1ccccc1. The van der Waals surface area contributed by atoms with Crippen molar-refractivity contribution in [1.29, 1.82) is 0 Å². The number of aryl methyl sites for hydroxylation is 2. The maximum Gasteiger partial charge on any atom is 0.254 e. The normalized spacial score (nSPS) is 17.4. The molecule has 3 aromatic rings. The monoisotopic (exact) mass is 405 g/mol. The van der Waals surface area contributed by atoms with E-state index in [0.717, 1.165) is 47.0 Å². The first-order chi connectivity index (χ1) is 14.5. The van der Waals surface area contributed by atoms with E-state index in [1.807, 2.05) is 32.0 Å². The van der Waals surface area contributed by atoms with Crippen LogP contribution in [0.2, 0.25) is 0 Å². The van der Waals surface area contributed by atoms with Crippen LogP contribution in [0.5, 0.6) is 0 Å². The van der Waals surface area contributed by atoms with Crippen molar-refractivity contribution in [1.82, 2.24) is 24.8 Å². The molecule has 0 spiro atoms. The summed E-state index contributed by atoms with van der Waals surface area (Å²) in [6, 6.07) is 10.1. The maximum atomic E-state index is 12.8. The molecule has 1 fully saturated rings. The Bertz CT molecular complexity index is 1030. The van der Waals surface area contributed by atoms with Crippen molar-refractivity contribution in [2.45, 2.75) is 40.0 Å². The minimum atomic E-state index is -0.0803. The molecule has 30 heavy (non-hydrogen) atoms. The number of fused-ring (bicyclic) bond motifs is 1. The Labute approximate surface area is 178 Å². The van der Waals surface area contributed by atoms with Crippen LogP contribution in [0.1, 0.15) is 47.9 Å². The van der Waals surface area contributed by atoms with E-state index in [-0.39, 0.29) is 5.91 Å². The third-order valence-electron chi connectivity index (χ3n) is 6.04. The van der Waals surface area contributed by atoms with Gasteiger partial charge in [0, 0.05) is 24.8 Å². The van der Waals surface area contributed by atoms with Gasteiger partial charge in [-0.15, -0.1) is 0 Å². The van der Waals surface area contributed by atoms with Crippen LogP contribution in [0.25, 0.3) is 16.8 Å². The number of piperidine rings is 1. The van der Waals surface area contributed by atoms with Crippen LogP contribution in [0.3, 0.4) is 0 Å². The molecule has 1 saturated heterocycles. The van der Waals surface area contributed by atoms with E-state index in [2.05, 4.69) is 39.4 Å². The molecule has 1 N–H and O–H groups in total. The van der Waals surface area contributed by atoms with Crippen LogP contribution in [0.4, 0.5) is 0 Å². The quantitative estimate of drug-likeness (QED) is 0.633. The Hall–Kier alpha value is -2.73. The number of nitrogens with one attached hydrogen (secondary N) is 1. The molecule has 0 radical (unpaired) electrons. The summed E-state index contributed by atoms with van der Waals surface area (Å²) in [5.41, 5.74) is 5.18. The van der Waals surface area contributed by atoms with Gasteiger partial charge in [0.1, 0.15) is 0 Å². The Balaban J connectivity index is 1.44. The van der Waals surface area contributed by atoms with E-state index >= 15 is 0 Å². The molecule has 0 saturated carbocycles. The molecule has 4 rings (SSSR count). The lowest BCUT2D eigenvalue weighted by atomic mass is 10.0. The molecule has 1 atom stereocenters. The lowest BCUT2D eigenvalue weighted by molar-refractivity contribution is 0.0948. The zero-order valence-corrected chi connectivity index (χ0v) is 18.2. The molecule has 1 amide bonds. The second-order valence-electron chi connectivity index (χ2n) is 8.48. The molecule has 2 aromatic heterocycles. The van der Waals surface area contributed by atoms with Crippen LogP contribution in [-0.4, -0.2) is 51.6 Å². The van der Waals surface area contributed by atoms with Crippen molar-refractivity contribution in [3.05, 3.63) is 53.5 Å². The number of rotatable bonds is 6. The Morgan fingerprint density at radius 2 is 2.03 bits per heavy atom. The molecule has 6 nitrogen and oxygen atoms in total. The summed E-state index contributed by atoms with van der Waals surface area (Å²) in [5.74, 6) is 0.704. The Morgan fingerprint density at radius 3 is 2.80 bits per heavy atom. The van der Waals surface area contributed by atoms with Gasteiger partial charge >= 0.3 is 0 Å². The Kier molecular flexibility index (Phi) is 6.13. The average molecular weight is 406 g/mol. The number of carbonyl (C=O) groups is 1. The highest BCUT2D eigenvalue weighted by Gasteiger charge is 2.19. The van der Waals surface area contributed by atoms with E-state index in [1.54, 1.807) is 10.7 Å². The molecule has 0 bridgehead atoms. The minimum Gasteiger partial charge on any atom is -0.352 e. The van der Waals surface area contributed by atoms with Crippen LogP contribution >= 0.6 is 0 Å². The zero-order chi connectivity index (χ0) is 21.1. The summed E-state index contributed by atoms with van der Waals surface area (Å²) in [7, 11) is 0. The van der Waals surface area contributed by atoms with E-state index in [0.29, 0.717) is 12.1 Å². The fourth-order valence-corrected chi connectivity index (χ4v) is 4.46. The predicted octanol–water partition coefficient (Wildman–Crippen LogP) is 3.86. The van der Waals surface area contributed by atoms with Crippen molar-refractivity contribution in [3.63, 3.8) is 0 Å². The average Bonchev–Trinajstić information content (AvgIpc) is 3.09. The van der Waals surface area contributed by atoms with Gasteiger partial charge in [0.2, 0.25) is 0 Å². The van der Waals surface area contributed by atoms with E-state index in [9.17, 15) is 4.79 Å². The van der Waals surface area contributed by atoms with Crippen LogP contribution in [0.15, 0.2) is 36.5 Å². The molecule has 1 aliphatic heterocycles. The molecule has 158 valence electrons. The van der Waals surface area contributed by atoms with E-state index in [4.69, 9.17) is 0 Å². The Morgan fingerprint density at radius 1 is 1.23 bits per heavy atom. The number of benzene rings is 1. The molecule has 3 heterocycles. The molecular formula is C24H31N5O. The molecule has 0 aliphatic carbocycles. The fraction of sp³-hybridized carbons (Fsp3) is 0.458. The van der Waals surface area contributed by atoms with Gasteiger partial charge in [-0.3, -0.25) is 4.79 Å². The smallest absolute Gasteiger partial charge is 0.254 e. The van der Waals surface area contributed by atoms with Crippen LogP contribution in [-0.2, 0) is 0 Å². The number of hydrogen-bond acceptors (Lipinski definition) is 4. The summed E-state index contributed by atoms with van der Waals surface area (Å²) >= 11 is 0. The van der Waals surface area contributed by atoms with Gasteiger partial charge in [-0.25, -0.2) is 9.50 Å². The van der Waals surface area contributed by atoms with Crippen molar-refractivity contribution in [3.8, 4) is 11.1 Å². The molecule has 1 aliphatic rings. The van der Waals surface area contributed by atoms with Gasteiger partial charge in [-0.05, 0) is 57.7 Å². The number of amides is 1. The van der Waals surface area contributed by atoms with Crippen molar-refractivity contribution in [2.24, 2.45) is 5.92 Å². The summed E-state index contributed by atoms with van der Waals surface area (Å²) < 4.78 is 1.79. The predicted molar refractivity (Wildman–Crippen MR) is 120 cm³/mol. The molecular weight excluding hydrogens is 374 g/mol. The lowest BCUT2D eigenvalue weighted by Crippen LogP contribution is -2.36. The maximum absolute atomic E-state index is 12.8. The first kappa shape index (κ1) is 20.5. The van der Waals surface area contributed by atoms with Gasteiger partial charge in [-0.1, -0.05) is 37.3 Å². The summed E-state index contributed by atoms with van der Waals surface area (Å²) in [5, 5.41) is 7.73. The van der Waals surface area contributed by atoms with Crippen LogP contribution < -0.4 is 5.32 Å². The first-order valence-corrected chi connectivity index (χ1v) is 11.0. The topological polar surface area (TPSA) is 62.5 Å². The van der Waals surface area contributed by atoms with Crippen LogP contribution in [0, 0.1) is 19.8 Å². The highest BCUT2D eigenvalue weighted by molar-refractivity contribution is 5.95. The van der Waals surface area contributed by atoms with Gasteiger partial charge in [-0.2, -0.15) is 5.10 Å². The lowest BCUT2D eigenvalue weighted by Gasteiger charge is -2.30. The van der Waals surface area contributed by atoms with Gasteiger partial charge in [0.15, 0.2) is 5.65 Å². The number of aromatic nitrogens is 3. The third-order valence-corrected chi connectivity index (χ3v) is 6.04. The highest BCUT2D eigenvalue weighted by Crippen LogP contribution is 2.27. The second kappa shape index (κ2) is 8.96. The number of hydrogen-bond donors (Lipinski definition) is 1. The second-order valence-corrected chi connectivity index (χ2v) is 8.48. The van der Waals surface area contributed by atoms with Crippen molar-refractivity contribution in [2.75, 3.05) is 26.2 Å². The molecule has 6 heteroatoms. The zero-order valence-electron chi connectivity index (χ0n) is 18.2. The number of nitrogens with zero attached hydrogens (tertiary/aromatic N) is 4. The standard InChI is InChI=1S/C24H31N5O/c1-17-9-7-13-28(16-17)14-8-12-25-24(30)21-15-26-23-22(20-10-5-4-6-11-20)18(2)27-29(23)19(21)3/h4-6,10-11,15,17H,7-9,12-14,16H2,1-3H3,(H,25,30)/t17-/m1/s1. The summed E-state index contributed by atoms with van der Waals surface area (Å²) in [4.78, 5) is 19.9. The largest absolute Gasteiger partial charge is 0.352 e. The van der Waals surface area contributed by atoms with E-state index < -0.39 is 0 Å². The molecule has 1 aromatic carbocycles. The number of carbonyl (C=O) groups excluding carboxylic acids is 1. The highest BCUT2D eigenvalue weighted by atomic mass is 16.1. The van der Waals surface area contributed by atoms with Crippen molar-refractivity contribution < 1.29 is 4.79 Å². The summed E-state index contributed by atoms with van der Waals surface area (Å²) in [6.45, 7) is 10.3. The third kappa shape index (κ3) is 4.24. The summed E-state index contributed by atoms with van der Waals surface area (Å²) in [6.07, 6.45) is 5.26. The fourth-order valence-electron chi connectivity index (χ4n) is 4.46. The van der Waals surface area contributed by atoms with Gasteiger partial charge in [0.05, 0.1) is 17.0 Å².